The third kappa shape index (κ3) is 4.45. The Morgan fingerprint density at radius 1 is 1.36 bits per heavy atom. The lowest BCUT2D eigenvalue weighted by Crippen LogP contribution is -2.33. The first kappa shape index (κ1) is 16.8. The largest absolute Gasteiger partial charge is 0.444 e. The van der Waals surface area contributed by atoms with Crippen molar-refractivity contribution in [1.82, 2.24) is 5.32 Å². The predicted molar refractivity (Wildman–Crippen MR) is 87.3 cm³/mol. The molecule has 22 heavy (non-hydrogen) atoms. The minimum absolute atomic E-state index is 0.0206. The molecule has 0 spiro atoms. The molecule has 2 N–H and O–H groups in total. The number of aryl methyl sites for hydroxylation is 1. The van der Waals surface area contributed by atoms with E-state index in [0.29, 0.717) is 6.61 Å². The summed E-state index contributed by atoms with van der Waals surface area (Å²) in [7, 11) is 0. The molecule has 1 aliphatic rings. The molecular formula is C17H26N2O3. The highest BCUT2D eigenvalue weighted by atomic mass is 16.6. The maximum atomic E-state index is 12.0. The van der Waals surface area contributed by atoms with E-state index in [-0.39, 0.29) is 6.10 Å². The minimum atomic E-state index is -0.513. The molecule has 1 aromatic rings. The van der Waals surface area contributed by atoms with Gasteiger partial charge in [-0.3, -0.25) is 5.32 Å². The zero-order chi connectivity index (χ0) is 16.3. The molecule has 1 amide bonds. The SMILES string of the molecule is Cc1cc(C2CNCCO2)cc(NC(=O)OC(C)(C)C)c1C. The Bertz CT molecular complexity index is 544. The molecular weight excluding hydrogens is 280 g/mol. The number of rotatable bonds is 2. The lowest BCUT2D eigenvalue weighted by Gasteiger charge is -2.26. The summed E-state index contributed by atoms with van der Waals surface area (Å²) in [6, 6.07) is 4.09. The standard InChI is InChI=1S/C17H26N2O3/c1-11-8-13(15-10-18-6-7-21-15)9-14(12(11)2)19-16(20)22-17(3,4)5/h8-9,15,18H,6-7,10H2,1-5H3,(H,19,20). The molecule has 1 fully saturated rings. The van der Waals surface area contributed by atoms with Crippen molar-refractivity contribution < 1.29 is 14.3 Å². The van der Waals surface area contributed by atoms with Gasteiger partial charge in [0.05, 0.1) is 12.7 Å². The van der Waals surface area contributed by atoms with E-state index in [1.807, 2.05) is 40.7 Å². The Hall–Kier alpha value is -1.59. The van der Waals surface area contributed by atoms with Gasteiger partial charge in [-0.15, -0.1) is 0 Å². The highest BCUT2D eigenvalue weighted by Gasteiger charge is 2.20. The summed E-state index contributed by atoms with van der Waals surface area (Å²) in [5, 5.41) is 6.17. The molecule has 0 aliphatic carbocycles. The highest BCUT2D eigenvalue weighted by molar-refractivity contribution is 5.86. The molecule has 5 heteroatoms. The van der Waals surface area contributed by atoms with Crippen LogP contribution in [0.1, 0.15) is 43.6 Å². The van der Waals surface area contributed by atoms with Crippen LogP contribution in [0.2, 0.25) is 0 Å². The third-order valence-electron chi connectivity index (χ3n) is 3.62. The first-order valence-electron chi connectivity index (χ1n) is 7.70. The van der Waals surface area contributed by atoms with Crippen LogP contribution in [0.3, 0.4) is 0 Å². The summed E-state index contributed by atoms with van der Waals surface area (Å²) >= 11 is 0. The van der Waals surface area contributed by atoms with Crippen LogP contribution in [0.5, 0.6) is 0 Å². The number of hydrogen-bond acceptors (Lipinski definition) is 4. The van der Waals surface area contributed by atoms with Gasteiger partial charge in [-0.25, -0.2) is 4.79 Å². The van der Waals surface area contributed by atoms with Gasteiger partial charge in [-0.05, 0) is 57.4 Å². The van der Waals surface area contributed by atoms with E-state index >= 15 is 0 Å². The van der Waals surface area contributed by atoms with Crippen molar-refractivity contribution in [3.05, 3.63) is 28.8 Å². The van der Waals surface area contributed by atoms with Crippen LogP contribution in [0.15, 0.2) is 12.1 Å². The number of nitrogens with one attached hydrogen (secondary N) is 2. The van der Waals surface area contributed by atoms with Crippen molar-refractivity contribution in [2.75, 3.05) is 25.0 Å². The van der Waals surface area contributed by atoms with Crippen LogP contribution in [0.25, 0.3) is 0 Å². The van der Waals surface area contributed by atoms with E-state index in [4.69, 9.17) is 9.47 Å². The second kappa shape index (κ2) is 6.67. The fourth-order valence-corrected chi connectivity index (χ4v) is 2.40. The molecule has 0 radical (unpaired) electrons. The predicted octanol–water partition coefficient (Wildman–Crippen LogP) is 3.31. The summed E-state index contributed by atoms with van der Waals surface area (Å²) in [6.45, 7) is 11.9. The Balaban J connectivity index is 2.19. The summed E-state index contributed by atoms with van der Waals surface area (Å²) in [5.74, 6) is 0. The maximum Gasteiger partial charge on any atom is 0.412 e. The average Bonchev–Trinajstić information content (AvgIpc) is 2.42. The number of benzene rings is 1. The topological polar surface area (TPSA) is 59.6 Å². The van der Waals surface area contributed by atoms with Crippen LogP contribution in [-0.2, 0) is 9.47 Å². The van der Waals surface area contributed by atoms with Crippen molar-refractivity contribution in [3.8, 4) is 0 Å². The van der Waals surface area contributed by atoms with Crippen molar-refractivity contribution in [1.29, 1.82) is 0 Å². The Morgan fingerprint density at radius 2 is 2.09 bits per heavy atom. The van der Waals surface area contributed by atoms with E-state index in [0.717, 1.165) is 35.5 Å². The van der Waals surface area contributed by atoms with Gasteiger partial charge in [0, 0.05) is 18.8 Å². The summed E-state index contributed by atoms with van der Waals surface area (Å²) < 4.78 is 11.1. The van der Waals surface area contributed by atoms with Gasteiger partial charge >= 0.3 is 6.09 Å². The second-order valence-corrected chi connectivity index (χ2v) is 6.70. The van der Waals surface area contributed by atoms with Crippen molar-refractivity contribution in [2.45, 2.75) is 46.3 Å². The van der Waals surface area contributed by atoms with Gasteiger partial charge < -0.3 is 14.8 Å². The molecule has 1 unspecified atom stereocenters. The lowest BCUT2D eigenvalue weighted by atomic mass is 10.00. The first-order valence-corrected chi connectivity index (χ1v) is 7.70. The summed E-state index contributed by atoms with van der Waals surface area (Å²) in [4.78, 5) is 12.0. The molecule has 1 atom stereocenters. The zero-order valence-electron chi connectivity index (χ0n) is 14.1. The first-order chi connectivity index (χ1) is 10.3. The van der Waals surface area contributed by atoms with Gasteiger partial charge in [0.2, 0.25) is 0 Å². The molecule has 1 heterocycles. The maximum absolute atomic E-state index is 12.0. The quantitative estimate of drug-likeness (QED) is 0.880. The molecule has 5 nitrogen and oxygen atoms in total. The Kier molecular flexibility index (Phi) is 5.08. The number of ether oxygens (including phenoxy) is 2. The fourth-order valence-electron chi connectivity index (χ4n) is 2.40. The third-order valence-corrected chi connectivity index (χ3v) is 3.62. The smallest absolute Gasteiger partial charge is 0.412 e. The monoisotopic (exact) mass is 306 g/mol. The molecule has 1 aliphatic heterocycles. The van der Waals surface area contributed by atoms with Crippen molar-refractivity contribution in [2.24, 2.45) is 0 Å². The molecule has 1 aromatic carbocycles. The van der Waals surface area contributed by atoms with Gasteiger partial charge in [0.1, 0.15) is 5.60 Å². The number of anilines is 1. The number of hydrogen-bond donors (Lipinski definition) is 2. The minimum Gasteiger partial charge on any atom is -0.444 e. The van der Waals surface area contributed by atoms with Crippen LogP contribution < -0.4 is 10.6 Å². The number of carbonyl (C=O) groups is 1. The molecule has 1 saturated heterocycles. The molecule has 0 bridgehead atoms. The fraction of sp³-hybridized carbons (Fsp3) is 0.588. The molecule has 0 saturated carbocycles. The number of amides is 1. The van der Waals surface area contributed by atoms with Gasteiger partial charge in [0.15, 0.2) is 0 Å². The normalized spacial score (nSPS) is 18.9. The van der Waals surface area contributed by atoms with Crippen LogP contribution in [0.4, 0.5) is 10.5 Å². The zero-order valence-corrected chi connectivity index (χ0v) is 14.1. The summed E-state index contributed by atoms with van der Waals surface area (Å²) in [5.41, 5.74) is 3.50. The highest BCUT2D eigenvalue weighted by Crippen LogP contribution is 2.28. The van der Waals surface area contributed by atoms with Crippen LogP contribution >= 0.6 is 0 Å². The summed E-state index contributed by atoms with van der Waals surface area (Å²) in [6.07, 6.45) is -0.415. The van der Waals surface area contributed by atoms with Gasteiger partial charge in [0.25, 0.3) is 0 Å². The van der Waals surface area contributed by atoms with E-state index in [2.05, 4.69) is 16.7 Å². The Labute approximate surface area is 132 Å². The number of carbonyl (C=O) groups excluding carboxylic acids is 1. The lowest BCUT2D eigenvalue weighted by molar-refractivity contribution is 0.0277. The van der Waals surface area contributed by atoms with E-state index in [9.17, 15) is 4.79 Å². The van der Waals surface area contributed by atoms with E-state index < -0.39 is 11.7 Å². The molecule has 2 rings (SSSR count). The average molecular weight is 306 g/mol. The second-order valence-electron chi connectivity index (χ2n) is 6.70. The van der Waals surface area contributed by atoms with E-state index in [1.54, 1.807) is 0 Å². The van der Waals surface area contributed by atoms with Crippen molar-refractivity contribution >= 4 is 11.8 Å². The van der Waals surface area contributed by atoms with Crippen LogP contribution in [-0.4, -0.2) is 31.4 Å². The van der Waals surface area contributed by atoms with Gasteiger partial charge in [-0.2, -0.15) is 0 Å². The number of morpholine rings is 1. The van der Waals surface area contributed by atoms with Crippen LogP contribution in [0, 0.1) is 13.8 Å². The molecule has 0 aromatic heterocycles. The van der Waals surface area contributed by atoms with Gasteiger partial charge in [-0.1, -0.05) is 6.07 Å². The molecule has 122 valence electrons. The van der Waals surface area contributed by atoms with E-state index in [1.165, 1.54) is 0 Å². The Morgan fingerprint density at radius 3 is 2.68 bits per heavy atom. The van der Waals surface area contributed by atoms with Crippen molar-refractivity contribution in [3.63, 3.8) is 0 Å².